The topological polar surface area (TPSA) is 217 Å². The summed E-state index contributed by atoms with van der Waals surface area (Å²) in [5, 5.41) is 24.8. The maximum Gasteiger partial charge on any atom is 0.331 e. The number of rotatable bonds is 23. The zero-order valence-electron chi connectivity index (χ0n) is 45.9. The minimum Gasteiger partial charge on any atom is -0.478 e. The van der Waals surface area contributed by atoms with Crippen LogP contribution >= 0.6 is 58.0 Å². The molecule has 0 bridgehead atoms. The summed E-state index contributed by atoms with van der Waals surface area (Å²) >= 11 is 28.9. The zero-order chi connectivity index (χ0) is 60.0. The summed E-state index contributed by atoms with van der Waals surface area (Å²) in [6.45, 7) is 11.4. The molecule has 0 aliphatic carbocycles. The van der Waals surface area contributed by atoms with Crippen LogP contribution in [0.5, 0.6) is 11.5 Å². The lowest BCUT2D eigenvalue weighted by atomic mass is 10.0. The molecule has 0 saturated carbocycles. The molecule has 1 amide bonds. The number of anilines is 3. The molecule has 4 aromatic rings. The van der Waals surface area contributed by atoms with Crippen molar-refractivity contribution in [2.45, 2.75) is 41.0 Å². The van der Waals surface area contributed by atoms with E-state index in [2.05, 4.69) is 51.9 Å². The van der Waals surface area contributed by atoms with Gasteiger partial charge in [0.25, 0.3) is 5.91 Å². The fourth-order valence-electron chi connectivity index (χ4n) is 6.87. The average Bonchev–Trinajstić information content (AvgIpc) is 3.51. The first-order valence-corrected chi connectivity index (χ1v) is 27.3. The standard InChI is InChI=1S/C24H25Cl2FN6O3.C13H15Cl2NO3.C12H13FN4O.C6H12ClN/c1-16(34)23-28-30-24(31-29-23)22-19(27)4-3-5-20(22)32(2)21(35)10-15-36-18-8-6-17(7-9-18)33(13-11-25)14-12-26;14-6-8-16(9-7-15)11-1-3-12(4-2-11)19-10-5-13(17)18;1-3-8-5-4-6-9(13)10(8)12-16-14-11(7(2)18)15-17-12;1-5(2)6(7)8(3)4/h3-10,15H,11-14H2,1-2H3,(H,28,29)(H,30,31);1-5,10H,6-9H2,(H,17,18);4-6H,3H2,1-2H3,(H,14,15)(H,16,17);1-4H3/b15-10+;10-5+;;. The molecule has 0 spiro atoms. The maximum absolute atomic E-state index is 14.7. The summed E-state index contributed by atoms with van der Waals surface area (Å²) in [5.41, 5.74) is 14.7. The third-order valence-electron chi connectivity index (χ3n) is 10.9. The van der Waals surface area contributed by atoms with Crippen molar-refractivity contribution in [2.24, 2.45) is 20.4 Å². The highest BCUT2D eigenvalue weighted by Crippen LogP contribution is 2.25. The number of allylic oxidation sites excluding steroid dienone is 1. The largest absolute Gasteiger partial charge is 0.478 e. The lowest BCUT2D eigenvalue weighted by Gasteiger charge is -2.22. The van der Waals surface area contributed by atoms with Crippen molar-refractivity contribution in [3.05, 3.63) is 149 Å². The lowest BCUT2D eigenvalue weighted by molar-refractivity contribution is -0.131. The van der Waals surface area contributed by atoms with Gasteiger partial charge >= 0.3 is 5.97 Å². The molecule has 0 unspecified atom stereocenters. The fraction of sp³-hybridized carbons (Fsp3) is 0.309. The number of carboxylic acids is 1. The molecule has 436 valence electrons. The van der Waals surface area contributed by atoms with Gasteiger partial charge in [-0.25, -0.2) is 13.6 Å². The molecule has 26 heteroatoms. The van der Waals surface area contributed by atoms with Gasteiger partial charge in [0.05, 0.1) is 35.4 Å². The van der Waals surface area contributed by atoms with Gasteiger partial charge in [0.15, 0.2) is 23.2 Å². The molecule has 4 aromatic carbocycles. The molecule has 2 aliphatic heterocycles. The highest BCUT2D eigenvalue weighted by atomic mass is 35.5. The number of ether oxygens (including phenoxy) is 2. The minimum atomic E-state index is -1.05. The van der Waals surface area contributed by atoms with Gasteiger partial charge < -0.3 is 34.2 Å². The lowest BCUT2D eigenvalue weighted by Crippen LogP contribution is -2.38. The molecule has 6 rings (SSSR count). The van der Waals surface area contributed by atoms with Crippen LogP contribution in [0.25, 0.3) is 0 Å². The van der Waals surface area contributed by atoms with Crippen LogP contribution in [0.15, 0.2) is 141 Å². The molecule has 5 N–H and O–H groups in total. The fourth-order valence-corrected chi connectivity index (χ4v) is 7.68. The predicted molar refractivity (Wildman–Crippen MR) is 323 cm³/mol. The number of aliphatic carboxylic acids is 1. The Morgan fingerprint density at radius 3 is 1.37 bits per heavy atom. The summed E-state index contributed by atoms with van der Waals surface area (Å²) in [5.74, 6) is 0.392. The quantitative estimate of drug-likeness (QED) is 0.0202. The first-order chi connectivity index (χ1) is 38.7. The number of Topliss-reactive ketones (excluding diaryl/α,β-unsaturated/α-hetero) is 2. The Bertz CT molecular complexity index is 2950. The van der Waals surface area contributed by atoms with Crippen molar-refractivity contribution in [2.75, 3.05) is 85.5 Å². The van der Waals surface area contributed by atoms with Crippen LogP contribution < -0.4 is 45.9 Å². The number of carbonyl (C=O) groups excluding carboxylic acids is 3. The van der Waals surface area contributed by atoms with Crippen molar-refractivity contribution in [3.63, 3.8) is 0 Å². The monoisotopic (exact) mass is 1220 g/mol. The van der Waals surface area contributed by atoms with E-state index < -0.39 is 17.7 Å². The van der Waals surface area contributed by atoms with Gasteiger partial charge in [0.1, 0.15) is 28.3 Å². The van der Waals surface area contributed by atoms with Gasteiger partial charge in [-0.3, -0.25) is 36.1 Å². The highest BCUT2D eigenvalue weighted by molar-refractivity contribution is 6.39. The van der Waals surface area contributed by atoms with Crippen LogP contribution in [0.1, 0.15) is 51.3 Å². The smallest absolute Gasteiger partial charge is 0.331 e. The Morgan fingerprint density at radius 1 is 0.593 bits per heavy atom. The number of alkyl halides is 4. The Balaban J connectivity index is 0.000000321. The van der Waals surface area contributed by atoms with Crippen LogP contribution in [0.3, 0.4) is 0 Å². The second-order valence-electron chi connectivity index (χ2n) is 17.1. The van der Waals surface area contributed by atoms with Crippen LogP contribution in [0.4, 0.5) is 25.8 Å². The van der Waals surface area contributed by atoms with Gasteiger partial charge in [-0.15, -0.1) is 46.4 Å². The van der Waals surface area contributed by atoms with E-state index in [1.807, 2.05) is 70.1 Å². The second-order valence-corrected chi connectivity index (χ2v) is 19.0. The van der Waals surface area contributed by atoms with Crippen LogP contribution in [-0.2, 0) is 25.6 Å². The van der Waals surface area contributed by atoms with Gasteiger partial charge in [0, 0.05) is 102 Å². The number of amides is 1. The minimum absolute atomic E-state index is 0.00977. The number of nitrogens with zero attached hydrogens (tertiary/aromatic N) is 8. The molecule has 0 fully saturated rings. The maximum atomic E-state index is 14.7. The van der Waals surface area contributed by atoms with E-state index in [0.717, 1.165) is 40.0 Å². The summed E-state index contributed by atoms with van der Waals surface area (Å²) in [7, 11) is 5.34. The molecule has 2 aliphatic rings. The van der Waals surface area contributed by atoms with E-state index in [-0.39, 0.29) is 52.0 Å². The van der Waals surface area contributed by atoms with E-state index in [1.54, 1.807) is 36.4 Å². The third kappa shape index (κ3) is 22.6. The molecule has 0 atom stereocenters. The van der Waals surface area contributed by atoms with Crippen molar-refractivity contribution in [3.8, 4) is 11.5 Å². The Labute approximate surface area is 495 Å². The molecule has 0 aromatic heterocycles. The van der Waals surface area contributed by atoms with Crippen molar-refractivity contribution in [1.82, 2.24) is 26.6 Å². The number of ketones is 2. The van der Waals surface area contributed by atoms with E-state index in [4.69, 9.17) is 72.6 Å². The predicted octanol–water partition coefficient (Wildman–Crippen LogP) is 9.55. The Hall–Kier alpha value is -7.43. The number of hydrogen-bond acceptors (Lipinski definition) is 17. The number of hydrazone groups is 4. The number of nitrogens with one attached hydrogen (secondary N) is 4. The van der Waals surface area contributed by atoms with Crippen molar-refractivity contribution >= 4 is 122 Å². The summed E-state index contributed by atoms with van der Waals surface area (Å²) in [6.07, 6.45) is 5.21. The number of halogens is 7. The molecular formula is C55H65Cl5F2N12O7. The number of carboxylic acid groups (broad SMARTS) is 1. The number of hydrogen-bond donors (Lipinski definition) is 5. The SMILES string of the molecule is CC(=O)C1=NNC(c2c(F)cccc2N(C)C(=O)/C=C/Oc2ccc(N(CCCl)CCCl)cc2)=NN1.CC(C)=C(Cl)N(C)C.CCc1cccc(F)c1C1=NNC(C(C)=O)=NN1.O=C(O)/C=C/Oc1ccc(N(CCCl)CCCl)cc1. The van der Waals surface area contributed by atoms with E-state index in [0.29, 0.717) is 73.2 Å². The van der Waals surface area contributed by atoms with Gasteiger partial charge in [-0.1, -0.05) is 36.7 Å². The Kier molecular flexibility index (Phi) is 30.2. The first kappa shape index (κ1) is 67.8. The first-order valence-electron chi connectivity index (χ1n) is 24.8. The molecular weight excluding hydrogens is 1160 g/mol. The van der Waals surface area contributed by atoms with E-state index in [1.165, 1.54) is 56.3 Å². The van der Waals surface area contributed by atoms with Crippen molar-refractivity contribution < 1.29 is 42.5 Å². The number of amidine groups is 4. The number of benzene rings is 4. The summed E-state index contributed by atoms with van der Waals surface area (Å²) in [6, 6.07) is 23.7. The van der Waals surface area contributed by atoms with Gasteiger partial charge in [-0.2, -0.15) is 20.4 Å². The molecule has 0 radical (unpaired) electrons. The van der Waals surface area contributed by atoms with Crippen LogP contribution in [0, 0.1) is 11.6 Å². The third-order valence-corrected chi connectivity index (χ3v) is 12.2. The summed E-state index contributed by atoms with van der Waals surface area (Å²) < 4.78 is 39.2. The highest BCUT2D eigenvalue weighted by Gasteiger charge is 2.23. The van der Waals surface area contributed by atoms with Gasteiger partial charge in [-0.05, 0) is 98.1 Å². The molecule has 0 saturated heterocycles. The Morgan fingerprint density at radius 2 is 1.01 bits per heavy atom. The summed E-state index contributed by atoms with van der Waals surface area (Å²) in [4.78, 5) is 52.8. The molecule has 19 nitrogen and oxygen atoms in total. The van der Waals surface area contributed by atoms with Gasteiger partial charge in [0.2, 0.25) is 11.7 Å². The zero-order valence-corrected chi connectivity index (χ0v) is 49.7. The van der Waals surface area contributed by atoms with Crippen molar-refractivity contribution in [1.29, 1.82) is 0 Å². The molecule has 81 heavy (non-hydrogen) atoms. The normalized spacial score (nSPS) is 12.2. The number of carbonyl (C=O) groups is 4. The average molecular weight is 1220 g/mol. The molecule has 2 heterocycles. The number of aryl methyl sites for hydroxylation is 1. The van der Waals surface area contributed by atoms with Crippen LogP contribution in [0.2, 0.25) is 0 Å². The van der Waals surface area contributed by atoms with E-state index in [9.17, 15) is 28.0 Å². The van der Waals surface area contributed by atoms with Crippen LogP contribution in [-0.4, -0.2) is 128 Å². The second kappa shape index (κ2) is 36.0. The van der Waals surface area contributed by atoms with E-state index >= 15 is 0 Å². The number of likely N-dealkylation sites (N-methyl/N-ethyl adjacent to an activating group) is 1.